The van der Waals surface area contributed by atoms with Gasteiger partial charge in [0.15, 0.2) is 0 Å². The third-order valence-corrected chi connectivity index (χ3v) is 10.4. The van der Waals surface area contributed by atoms with Gasteiger partial charge in [-0.05, 0) is 100 Å². The van der Waals surface area contributed by atoms with E-state index in [1.165, 1.54) is 37.1 Å². The van der Waals surface area contributed by atoms with Crippen LogP contribution in [0.1, 0.15) is 82.5 Å². The van der Waals surface area contributed by atoms with Crippen molar-refractivity contribution in [1.29, 1.82) is 0 Å². The van der Waals surface area contributed by atoms with E-state index in [9.17, 15) is 9.59 Å². The van der Waals surface area contributed by atoms with Crippen LogP contribution in [-0.4, -0.2) is 89.9 Å². The molecule has 2 aromatic rings. The zero-order valence-corrected chi connectivity index (χ0v) is 28.6. The quantitative estimate of drug-likeness (QED) is 0.343. The summed E-state index contributed by atoms with van der Waals surface area (Å²) in [6.07, 6.45) is 6.13. The second kappa shape index (κ2) is 15.9. The van der Waals surface area contributed by atoms with Gasteiger partial charge in [0.05, 0.1) is 0 Å². The average molecular weight is 636 g/mol. The first kappa shape index (κ1) is 33.9. The van der Waals surface area contributed by atoms with Crippen LogP contribution in [0, 0.1) is 5.92 Å². The summed E-state index contributed by atoms with van der Waals surface area (Å²) in [5, 5.41) is 7.34. The molecule has 8 heteroatoms. The highest BCUT2D eigenvalue weighted by atomic mass is 35.5. The molecule has 3 aliphatic heterocycles. The van der Waals surface area contributed by atoms with Gasteiger partial charge in [-0.15, -0.1) is 0 Å². The van der Waals surface area contributed by atoms with Crippen LogP contribution < -0.4 is 10.6 Å². The van der Waals surface area contributed by atoms with E-state index in [4.69, 9.17) is 11.6 Å². The summed E-state index contributed by atoms with van der Waals surface area (Å²) in [5.41, 5.74) is 3.47. The van der Waals surface area contributed by atoms with Gasteiger partial charge >= 0.3 is 0 Å². The predicted octanol–water partition coefficient (Wildman–Crippen LogP) is 5.47. The van der Waals surface area contributed by atoms with Gasteiger partial charge in [-0.1, -0.05) is 61.8 Å². The molecule has 0 aliphatic carbocycles. The van der Waals surface area contributed by atoms with Crippen molar-refractivity contribution in [3.63, 3.8) is 0 Å². The largest absolute Gasteiger partial charge is 0.344 e. The van der Waals surface area contributed by atoms with Gasteiger partial charge in [0.25, 0.3) is 0 Å². The van der Waals surface area contributed by atoms with E-state index in [-0.39, 0.29) is 17.9 Å². The average Bonchev–Trinajstić information content (AvgIpc) is 3.04. The van der Waals surface area contributed by atoms with Crippen molar-refractivity contribution in [2.75, 3.05) is 39.3 Å². The molecule has 0 spiro atoms. The lowest BCUT2D eigenvalue weighted by Gasteiger charge is -2.46. The van der Waals surface area contributed by atoms with Crippen LogP contribution in [0.3, 0.4) is 0 Å². The lowest BCUT2D eigenvalue weighted by Crippen LogP contribution is -2.56. The van der Waals surface area contributed by atoms with E-state index in [1.807, 2.05) is 35.2 Å². The van der Waals surface area contributed by atoms with E-state index in [1.54, 1.807) is 0 Å². The number of fused-ring (bicyclic) bond motifs is 1. The molecular formula is C37H54ClN5O2. The summed E-state index contributed by atoms with van der Waals surface area (Å²) in [5.74, 6) is 0.536. The molecule has 0 radical (unpaired) electrons. The van der Waals surface area contributed by atoms with Gasteiger partial charge < -0.3 is 20.4 Å². The van der Waals surface area contributed by atoms with Gasteiger partial charge in [-0.3, -0.25) is 14.5 Å². The smallest absolute Gasteiger partial charge is 0.245 e. The molecule has 5 rings (SSSR count). The third kappa shape index (κ3) is 9.09. The maximum absolute atomic E-state index is 14.1. The monoisotopic (exact) mass is 635 g/mol. The van der Waals surface area contributed by atoms with E-state index < -0.39 is 6.04 Å². The van der Waals surface area contributed by atoms with Crippen LogP contribution in [0.4, 0.5) is 0 Å². The summed E-state index contributed by atoms with van der Waals surface area (Å²) < 4.78 is 0. The standard InChI is InChI=1S/C37H54ClN5O2/c1-26(2)25-43(31-14-19-41(20-15-31)27(3)4)32-16-21-42(22-17-32)37(45)35(23-28-9-11-30(38)12-10-28)40-36(44)24-34-33-8-6-5-7-29(33)13-18-39-34/h5-12,26-27,31-32,34-35,39H,13-25H2,1-4H3,(H,40,44)/t34-,35-/m1/s1. The lowest BCUT2D eigenvalue weighted by atomic mass is 9.92. The summed E-state index contributed by atoms with van der Waals surface area (Å²) in [4.78, 5) is 35.0. The van der Waals surface area contributed by atoms with Gasteiger partial charge in [0.2, 0.25) is 11.8 Å². The minimum atomic E-state index is -0.610. The molecule has 0 saturated carbocycles. The molecule has 0 bridgehead atoms. The van der Waals surface area contributed by atoms with Crippen LogP contribution in [0.25, 0.3) is 0 Å². The maximum atomic E-state index is 14.1. The Labute approximate surface area is 276 Å². The second-order valence-corrected chi connectivity index (χ2v) is 14.6. The first-order valence-corrected chi connectivity index (χ1v) is 17.7. The first-order valence-electron chi connectivity index (χ1n) is 17.3. The fraction of sp³-hybridized carbons (Fsp3) is 0.622. The first-order chi connectivity index (χ1) is 21.7. The van der Waals surface area contributed by atoms with Crippen LogP contribution in [0.15, 0.2) is 48.5 Å². The van der Waals surface area contributed by atoms with E-state index in [0.717, 1.165) is 51.0 Å². The molecule has 2 saturated heterocycles. The topological polar surface area (TPSA) is 67.9 Å². The number of piperidine rings is 2. The number of likely N-dealkylation sites (tertiary alicyclic amines) is 2. The van der Waals surface area contributed by atoms with Gasteiger partial charge in [0, 0.05) is 61.7 Å². The summed E-state index contributed by atoms with van der Waals surface area (Å²) in [6.45, 7) is 15.0. The Bertz CT molecular complexity index is 1250. The Hall–Kier alpha value is -2.45. The van der Waals surface area contributed by atoms with Crippen molar-refractivity contribution in [1.82, 2.24) is 25.3 Å². The highest BCUT2D eigenvalue weighted by molar-refractivity contribution is 6.30. The molecule has 45 heavy (non-hydrogen) atoms. The normalized spacial score (nSPS) is 20.9. The van der Waals surface area contributed by atoms with Gasteiger partial charge in [-0.2, -0.15) is 0 Å². The number of benzene rings is 2. The Balaban J connectivity index is 1.23. The number of hydrogen-bond acceptors (Lipinski definition) is 5. The number of nitrogens with one attached hydrogen (secondary N) is 2. The number of rotatable bonds is 11. The molecule has 2 amide bonds. The number of carbonyl (C=O) groups excluding carboxylic acids is 2. The zero-order valence-electron chi connectivity index (χ0n) is 27.8. The molecule has 2 atom stereocenters. The molecule has 3 heterocycles. The fourth-order valence-corrected chi connectivity index (χ4v) is 7.79. The van der Waals surface area contributed by atoms with Crippen molar-refractivity contribution >= 4 is 23.4 Å². The number of amides is 2. The highest BCUT2D eigenvalue weighted by Gasteiger charge is 2.35. The molecule has 246 valence electrons. The summed E-state index contributed by atoms with van der Waals surface area (Å²) in [7, 11) is 0. The molecule has 0 unspecified atom stereocenters. The van der Waals surface area contributed by atoms with Crippen LogP contribution in [-0.2, 0) is 22.4 Å². The van der Waals surface area contributed by atoms with Crippen LogP contribution >= 0.6 is 11.6 Å². The molecule has 2 aromatic carbocycles. The Morgan fingerprint density at radius 3 is 2.22 bits per heavy atom. The molecule has 0 aromatic heterocycles. The Kier molecular flexibility index (Phi) is 12.0. The predicted molar refractivity (Wildman–Crippen MR) is 183 cm³/mol. The zero-order chi connectivity index (χ0) is 31.9. The molecular weight excluding hydrogens is 582 g/mol. The van der Waals surface area contributed by atoms with Crippen molar-refractivity contribution in [3.8, 4) is 0 Å². The minimum absolute atomic E-state index is 0.0226. The molecule has 7 nitrogen and oxygen atoms in total. The maximum Gasteiger partial charge on any atom is 0.245 e. The van der Waals surface area contributed by atoms with Crippen molar-refractivity contribution in [2.45, 2.75) is 103 Å². The molecule has 3 aliphatic rings. The van der Waals surface area contributed by atoms with Crippen LogP contribution in [0.2, 0.25) is 5.02 Å². The summed E-state index contributed by atoms with van der Waals surface area (Å²) >= 11 is 6.16. The van der Waals surface area contributed by atoms with E-state index in [2.05, 4.69) is 66.3 Å². The van der Waals surface area contributed by atoms with Crippen molar-refractivity contribution in [3.05, 3.63) is 70.2 Å². The van der Waals surface area contributed by atoms with Gasteiger partial charge in [0.1, 0.15) is 6.04 Å². The van der Waals surface area contributed by atoms with Crippen LogP contribution in [0.5, 0.6) is 0 Å². The minimum Gasteiger partial charge on any atom is -0.344 e. The fourth-order valence-electron chi connectivity index (χ4n) is 7.66. The summed E-state index contributed by atoms with van der Waals surface area (Å²) in [6, 6.07) is 17.0. The highest BCUT2D eigenvalue weighted by Crippen LogP contribution is 2.28. The molecule has 2 fully saturated rings. The van der Waals surface area contributed by atoms with E-state index >= 15 is 0 Å². The Morgan fingerprint density at radius 2 is 1.58 bits per heavy atom. The lowest BCUT2D eigenvalue weighted by molar-refractivity contribution is -0.138. The molecule has 2 N–H and O–H groups in total. The van der Waals surface area contributed by atoms with Crippen molar-refractivity contribution in [2.24, 2.45) is 5.92 Å². The number of halogens is 1. The van der Waals surface area contributed by atoms with Crippen molar-refractivity contribution < 1.29 is 9.59 Å². The SMILES string of the molecule is CC(C)CN(C1CCN(C(=O)[C@@H](Cc2ccc(Cl)cc2)NC(=O)C[C@H]2NCCc3ccccc32)CC1)C1CCN(C(C)C)CC1. The van der Waals surface area contributed by atoms with Gasteiger partial charge in [-0.25, -0.2) is 0 Å². The third-order valence-electron chi connectivity index (χ3n) is 10.1. The second-order valence-electron chi connectivity index (χ2n) is 14.1. The number of nitrogens with zero attached hydrogens (tertiary/aromatic N) is 3. The van der Waals surface area contributed by atoms with E-state index in [0.29, 0.717) is 41.9 Å². The number of hydrogen-bond donors (Lipinski definition) is 2. The Morgan fingerprint density at radius 1 is 0.933 bits per heavy atom. The number of carbonyl (C=O) groups is 2.